The first-order valence-electron chi connectivity index (χ1n) is 11.0. The zero-order valence-electron chi connectivity index (χ0n) is 17.6. The third kappa shape index (κ3) is 4.07. The Hall–Kier alpha value is -3.37. The molecule has 1 unspecified atom stereocenters. The standard InChI is InChI=1S/C22H23F3N6O2/c23-12-7-14-15(9-27-19(14)26-8-12)20-28-10-17(25)21(30-20)29-13-3-1-2-11(6-13)18-16(24)4-5-31(18)22(32)33/h7-11,13,16,18H,1-6H2,(H,26,27)(H,32,33)(H,28,29,30)/t11-,13?,16+,18-/m0/s1. The van der Waals surface area contributed by atoms with Crippen LogP contribution in [0.15, 0.2) is 24.7 Å². The molecule has 33 heavy (non-hydrogen) atoms. The van der Waals surface area contributed by atoms with E-state index in [-0.39, 0.29) is 36.6 Å². The maximum Gasteiger partial charge on any atom is 0.407 e. The Morgan fingerprint density at radius 3 is 2.88 bits per heavy atom. The molecular weight excluding hydrogens is 437 g/mol. The van der Waals surface area contributed by atoms with Gasteiger partial charge in [0, 0.05) is 29.7 Å². The summed E-state index contributed by atoms with van der Waals surface area (Å²) in [4.78, 5) is 28.0. The summed E-state index contributed by atoms with van der Waals surface area (Å²) in [7, 11) is 0. The van der Waals surface area contributed by atoms with Gasteiger partial charge in [0.25, 0.3) is 0 Å². The van der Waals surface area contributed by atoms with Crippen LogP contribution in [-0.4, -0.2) is 60.8 Å². The van der Waals surface area contributed by atoms with Crippen LogP contribution in [0.25, 0.3) is 22.4 Å². The number of carboxylic acid groups (broad SMARTS) is 1. The number of alkyl halides is 1. The fraction of sp³-hybridized carbons (Fsp3) is 0.455. The van der Waals surface area contributed by atoms with Gasteiger partial charge >= 0.3 is 6.09 Å². The zero-order valence-corrected chi connectivity index (χ0v) is 17.6. The van der Waals surface area contributed by atoms with Gasteiger partial charge in [-0.2, -0.15) is 0 Å². The summed E-state index contributed by atoms with van der Waals surface area (Å²) in [6.45, 7) is 0.194. The van der Waals surface area contributed by atoms with Gasteiger partial charge < -0.3 is 20.3 Å². The van der Waals surface area contributed by atoms with Gasteiger partial charge in [-0.05, 0) is 37.7 Å². The van der Waals surface area contributed by atoms with Crippen molar-refractivity contribution in [2.24, 2.45) is 5.92 Å². The summed E-state index contributed by atoms with van der Waals surface area (Å²) in [5.74, 6) is -1.09. The van der Waals surface area contributed by atoms with Crippen LogP contribution in [0.2, 0.25) is 0 Å². The molecule has 1 saturated heterocycles. The average Bonchev–Trinajstić information content (AvgIpc) is 3.39. The minimum atomic E-state index is -1.19. The normalized spacial score (nSPS) is 25.5. The number of amides is 1. The lowest BCUT2D eigenvalue weighted by Crippen LogP contribution is -2.46. The number of nitrogens with zero attached hydrogens (tertiary/aromatic N) is 4. The number of fused-ring (bicyclic) bond motifs is 1. The Labute approximate surface area is 187 Å². The molecule has 11 heteroatoms. The van der Waals surface area contributed by atoms with Crippen molar-refractivity contribution in [3.05, 3.63) is 36.3 Å². The third-order valence-electron chi connectivity index (χ3n) is 6.64. The number of likely N-dealkylation sites (tertiary alicyclic amines) is 1. The summed E-state index contributed by atoms with van der Waals surface area (Å²) in [5, 5.41) is 13.0. The largest absolute Gasteiger partial charge is 0.465 e. The van der Waals surface area contributed by atoms with Crippen LogP contribution < -0.4 is 5.32 Å². The SMILES string of the molecule is O=C(O)N1CC[C@@H](F)[C@@H]1[C@H]1CCCC(Nc2nc(-c3c[nH]c4ncc(F)cc34)ncc2F)C1. The number of H-pyrrole nitrogens is 1. The lowest BCUT2D eigenvalue weighted by molar-refractivity contribution is 0.0906. The molecule has 0 bridgehead atoms. The molecule has 1 aliphatic carbocycles. The summed E-state index contributed by atoms with van der Waals surface area (Å²) in [5.41, 5.74) is 0.953. The van der Waals surface area contributed by atoms with Crippen molar-refractivity contribution in [2.75, 3.05) is 11.9 Å². The van der Waals surface area contributed by atoms with Crippen molar-refractivity contribution in [3.63, 3.8) is 0 Å². The highest BCUT2D eigenvalue weighted by atomic mass is 19.1. The Morgan fingerprint density at radius 1 is 1.21 bits per heavy atom. The van der Waals surface area contributed by atoms with Crippen molar-refractivity contribution in [2.45, 2.75) is 50.4 Å². The Balaban J connectivity index is 1.37. The van der Waals surface area contributed by atoms with Crippen LogP contribution >= 0.6 is 0 Å². The molecule has 0 radical (unpaired) electrons. The molecule has 0 aromatic carbocycles. The number of hydrogen-bond acceptors (Lipinski definition) is 5. The van der Waals surface area contributed by atoms with Crippen molar-refractivity contribution in [1.29, 1.82) is 0 Å². The smallest absolute Gasteiger partial charge is 0.407 e. The second-order valence-electron chi connectivity index (χ2n) is 8.68. The Morgan fingerprint density at radius 2 is 2.06 bits per heavy atom. The van der Waals surface area contributed by atoms with Gasteiger partial charge in [-0.1, -0.05) is 6.42 Å². The summed E-state index contributed by atoms with van der Waals surface area (Å²) in [6.07, 6.45) is 4.38. The lowest BCUT2D eigenvalue weighted by atomic mass is 9.80. The molecule has 0 spiro atoms. The van der Waals surface area contributed by atoms with E-state index < -0.39 is 29.9 Å². The lowest BCUT2D eigenvalue weighted by Gasteiger charge is -2.37. The Bertz CT molecular complexity index is 1190. The van der Waals surface area contributed by atoms with Gasteiger partial charge in [-0.25, -0.2) is 32.9 Å². The third-order valence-corrected chi connectivity index (χ3v) is 6.64. The summed E-state index contributed by atoms with van der Waals surface area (Å²) in [6, 6.07) is 0.446. The highest BCUT2D eigenvalue weighted by Crippen LogP contribution is 2.37. The molecule has 4 heterocycles. The zero-order chi connectivity index (χ0) is 23.1. The van der Waals surface area contributed by atoms with Crippen LogP contribution in [-0.2, 0) is 0 Å². The number of aromatic nitrogens is 4. The molecule has 1 saturated carbocycles. The fourth-order valence-electron chi connectivity index (χ4n) is 5.17. The summed E-state index contributed by atoms with van der Waals surface area (Å²) >= 11 is 0. The first-order chi connectivity index (χ1) is 15.9. The second kappa shape index (κ2) is 8.53. The van der Waals surface area contributed by atoms with Crippen molar-refractivity contribution < 1.29 is 23.1 Å². The van der Waals surface area contributed by atoms with Crippen LogP contribution in [0, 0.1) is 17.6 Å². The van der Waals surface area contributed by atoms with Gasteiger partial charge in [-0.3, -0.25) is 0 Å². The molecule has 3 N–H and O–H groups in total. The minimum Gasteiger partial charge on any atom is -0.465 e. The molecule has 5 rings (SSSR count). The Kier molecular flexibility index (Phi) is 5.55. The van der Waals surface area contributed by atoms with Gasteiger partial charge in [0.1, 0.15) is 17.6 Å². The van der Waals surface area contributed by atoms with Crippen molar-refractivity contribution in [1.82, 2.24) is 24.8 Å². The highest BCUT2D eigenvalue weighted by Gasteiger charge is 2.43. The van der Waals surface area contributed by atoms with E-state index in [1.54, 1.807) is 6.20 Å². The van der Waals surface area contributed by atoms with E-state index in [1.807, 2.05) is 0 Å². The number of carbonyl (C=O) groups is 1. The van der Waals surface area contributed by atoms with Crippen molar-refractivity contribution in [3.8, 4) is 11.4 Å². The quantitative estimate of drug-likeness (QED) is 0.534. The van der Waals surface area contributed by atoms with Crippen molar-refractivity contribution >= 4 is 22.9 Å². The maximum atomic E-state index is 14.6. The molecular formula is C22H23F3N6O2. The van der Waals surface area contributed by atoms with E-state index in [9.17, 15) is 23.1 Å². The molecule has 3 aromatic rings. The van der Waals surface area contributed by atoms with E-state index in [4.69, 9.17) is 0 Å². The van der Waals surface area contributed by atoms with Crippen LogP contribution in [0.3, 0.4) is 0 Å². The number of pyridine rings is 1. The van der Waals surface area contributed by atoms with E-state index in [0.29, 0.717) is 23.0 Å². The van der Waals surface area contributed by atoms with E-state index >= 15 is 0 Å². The first-order valence-corrected chi connectivity index (χ1v) is 11.0. The average molecular weight is 460 g/mol. The maximum absolute atomic E-state index is 14.6. The van der Waals surface area contributed by atoms with E-state index in [1.165, 1.54) is 11.0 Å². The number of anilines is 1. The molecule has 2 fully saturated rings. The number of aromatic amines is 1. The topological polar surface area (TPSA) is 107 Å². The molecule has 8 nitrogen and oxygen atoms in total. The van der Waals surface area contributed by atoms with Crippen LogP contribution in [0.5, 0.6) is 0 Å². The molecule has 174 valence electrons. The monoisotopic (exact) mass is 460 g/mol. The minimum absolute atomic E-state index is 0.00248. The van der Waals surface area contributed by atoms with Gasteiger partial charge in [0.15, 0.2) is 17.5 Å². The van der Waals surface area contributed by atoms with Crippen LogP contribution in [0.1, 0.15) is 32.1 Å². The van der Waals surface area contributed by atoms with Crippen LogP contribution in [0.4, 0.5) is 23.8 Å². The molecule has 4 atom stereocenters. The van der Waals surface area contributed by atoms with E-state index in [2.05, 4.69) is 25.3 Å². The van der Waals surface area contributed by atoms with Gasteiger partial charge in [0.2, 0.25) is 0 Å². The number of hydrogen-bond donors (Lipinski definition) is 3. The van der Waals surface area contributed by atoms with Gasteiger partial charge in [0.05, 0.1) is 18.4 Å². The fourth-order valence-corrected chi connectivity index (χ4v) is 5.17. The molecule has 1 amide bonds. The first kappa shape index (κ1) is 21.5. The summed E-state index contributed by atoms with van der Waals surface area (Å²) < 4.78 is 42.8. The number of rotatable bonds is 4. The van der Waals surface area contributed by atoms with E-state index in [0.717, 1.165) is 31.7 Å². The number of nitrogens with one attached hydrogen (secondary N) is 2. The molecule has 1 aliphatic heterocycles. The number of halogens is 3. The molecule has 3 aromatic heterocycles. The van der Waals surface area contributed by atoms with Gasteiger partial charge in [-0.15, -0.1) is 0 Å². The highest BCUT2D eigenvalue weighted by molar-refractivity contribution is 5.91. The molecule has 2 aliphatic rings. The predicted molar refractivity (Wildman–Crippen MR) is 114 cm³/mol. The second-order valence-corrected chi connectivity index (χ2v) is 8.68. The predicted octanol–water partition coefficient (Wildman–Crippen LogP) is 4.36.